The van der Waals surface area contributed by atoms with Gasteiger partial charge in [-0.15, -0.1) is 0 Å². The Morgan fingerprint density at radius 1 is 1.32 bits per heavy atom. The third-order valence-electron chi connectivity index (χ3n) is 3.36. The molecule has 19 heavy (non-hydrogen) atoms. The number of carbonyl (C=O) groups excluding carboxylic acids is 1. The molecule has 0 bridgehead atoms. The predicted molar refractivity (Wildman–Crippen MR) is 66.3 cm³/mol. The molecule has 2 rings (SSSR count). The number of alkyl halides is 2. The van der Waals surface area contributed by atoms with Crippen LogP contribution >= 0.6 is 0 Å². The first-order valence-electron chi connectivity index (χ1n) is 6.11. The second-order valence-electron chi connectivity index (χ2n) is 4.85. The van der Waals surface area contributed by atoms with Crippen LogP contribution in [0.3, 0.4) is 0 Å². The second-order valence-corrected chi connectivity index (χ2v) is 4.85. The van der Waals surface area contributed by atoms with E-state index in [1.54, 1.807) is 0 Å². The van der Waals surface area contributed by atoms with Gasteiger partial charge in [0.1, 0.15) is 5.82 Å². The average molecular weight is 272 g/mol. The monoisotopic (exact) mass is 272 g/mol. The van der Waals surface area contributed by atoms with Crippen molar-refractivity contribution < 1.29 is 18.0 Å². The second kappa shape index (κ2) is 5.11. The van der Waals surface area contributed by atoms with Crippen molar-refractivity contribution in [2.24, 2.45) is 5.92 Å². The smallest absolute Gasteiger partial charge is 0.248 e. The Bertz CT molecular complexity index is 481. The molecule has 1 aromatic carbocycles. The van der Waals surface area contributed by atoms with E-state index in [-0.39, 0.29) is 43.0 Å². The summed E-state index contributed by atoms with van der Waals surface area (Å²) < 4.78 is 39.0. The van der Waals surface area contributed by atoms with Gasteiger partial charge < -0.3 is 11.1 Å². The van der Waals surface area contributed by atoms with Crippen molar-refractivity contribution in [3.63, 3.8) is 0 Å². The number of nitrogen functional groups attached to an aromatic ring is 1. The summed E-state index contributed by atoms with van der Waals surface area (Å²) in [5.74, 6) is -4.04. The molecule has 0 atom stereocenters. The molecule has 1 fully saturated rings. The highest BCUT2D eigenvalue weighted by molar-refractivity contribution is 5.95. The van der Waals surface area contributed by atoms with Crippen LogP contribution in [0, 0.1) is 11.7 Å². The molecule has 0 heterocycles. The fourth-order valence-corrected chi connectivity index (χ4v) is 2.17. The van der Waals surface area contributed by atoms with Gasteiger partial charge >= 0.3 is 0 Å². The summed E-state index contributed by atoms with van der Waals surface area (Å²) in [4.78, 5) is 11.9. The Labute approximate surface area is 109 Å². The van der Waals surface area contributed by atoms with Gasteiger partial charge in [0.15, 0.2) is 0 Å². The Morgan fingerprint density at radius 2 is 1.95 bits per heavy atom. The fraction of sp³-hybridized carbons (Fsp3) is 0.462. The molecule has 3 nitrogen and oxygen atoms in total. The molecule has 0 spiro atoms. The van der Waals surface area contributed by atoms with E-state index in [1.807, 2.05) is 0 Å². The zero-order chi connectivity index (χ0) is 14.0. The van der Waals surface area contributed by atoms with Crippen LogP contribution in [0.15, 0.2) is 18.2 Å². The number of nitrogens with two attached hydrogens (primary N) is 1. The fourth-order valence-electron chi connectivity index (χ4n) is 2.17. The maximum absolute atomic E-state index is 13.0. The summed E-state index contributed by atoms with van der Waals surface area (Å²) in [6.07, 6.45) is -0.310. The predicted octanol–water partition coefficient (Wildman–Crippen LogP) is 3.17. The van der Waals surface area contributed by atoms with Crippen LogP contribution in [-0.2, 0) is 4.79 Å². The third kappa shape index (κ3) is 3.39. The molecular formula is C13H15F3N2O. The Morgan fingerprint density at radius 3 is 2.58 bits per heavy atom. The lowest BCUT2D eigenvalue weighted by Gasteiger charge is -2.27. The van der Waals surface area contributed by atoms with Crippen molar-refractivity contribution >= 4 is 17.3 Å². The van der Waals surface area contributed by atoms with E-state index in [2.05, 4.69) is 5.32 Å². The van der Waals surface area contributed by atoms with Gasteiger partial charge in [-0.3, -0.25) is 4.79 Å². The van der Waals surface area contributed by atoms with Crippen LogP contribution in [-0.4, -0.2) is 11.8 Å². The maximum Gasteiger partial charge on any atom is 0.248 e. The lowest BCUT2D eigenvalue weighted by Crippen LogP contribution is -2.32. The first-order valence-corrected chi connectivity index (χ1v) is 6.11. The molecule has 104 valence electrons. The summed E-state index contributed by atoms with van der Waals surface area (Å²) in [5, 5.41) is 2.50. The minimum absolute atomic E-state index is 0.133. The molecule has 1 aromatic rings. The minimum Gasteiger partial charge on any atom is -0.397 e. The van der Waals surface area contributed by atoms with Crippen LogP contribution in [0.2, 0.25) is 0 Å². The summed E-state index contributed by atoms with van der Waals surface area (Å²) in [6, 6.07) is 3.65. The van der Waals surface area contributed by atoms with Crippen molar-refractivity contribution in [2.75, 3.05) is 11.1 Å². The van der Waals surface area contributed by atoms with Crippen molar-refractivity contribution in [1.82, 2.24) is 0 Å². The van der Waals surface area contributed by atoms with Gasteiger partial charge in [0.25, 0.3) is 0 Å². The largest absolute Gasteiger partial charge is 0.397 e. The number of benzene rings is 1. The van der Waals surface area contributed by atoms with Crippen LogP contribution in [0.5, 0.6) is 0 Å². The van der Waals surface area contributed by atoms with E-state index in [9.17, 15) is 18.0 Å². The lowest BCUT2D eigenvalue weighted by molar-refractivity contribution is -0.124. The summed E-state index contributed by atoms with van der Waals surface area (Å²) >= 11 is 0. The molecule has 3 N–H and O–H groups in total. The van der Waals surface area contributed by atoms with Crippen LogP contribution in [0.4, 0.5) is 24.5 Å². The molecule has 1 amide bonds. The van der Waals surface area contributed by atoms with Crippen molar-refractivity contribution in [1.29, 1.82) is 0 Å². The van der Waals surface area contributed by atoms with Gasteiger partial charge in [-0.1, -0.05) is 0 Å². The molecule has 1 aliphatic carbocycles. The summed E-state index contributed by atoms with van der Waals surface area (Å²) in [7, 11) is 0. The topological polar surface area (TPSA) is 55.1 Å². The van der Waals surface area contributed by atoms with Gasteiger partial charge in [-0.25, -0.2) is 13.2 Å². The van der Waals surface area contributed by atoms with Crippen molar-refractivity contribution in [3.05, 3.63) is 24.0 Å². The van der Waals surface area contributed by atoms with Gasteiger partial charge in [-0.2, -0.15) is 0 Å². The lowest BCUT2D eigenvalue weighted by atomic mass is 9.86. The van der Waals surface area contributed by atoms with Gasteiger partial charge in [0.05, 0.1) is 11.4 Å². The minimum atomic E-state index is -2.67. The molecular weight excluding hydrogens is 257 g/mol. The highest BCUT2D eigenvalue weighted by atomic mass is 19.3. The highest BCUT2D eigenvalue weighted by Crippen LogP contribution is 2.36. The zero-order valence-electron chi connectivity index (χ0n) is 10.3. The van der Waals surface area contributed by atoms with Gasteiger partial charge in [-0.05, 0) is 31.0 Å². The molecule has 0 saturated heterocycles. The number of hydrogen-bond acceptors (Lipinski definition) is 2. The summed E-state index contributed by atoms with van der Waals surface area (Å²) in [5.41, 5.74) is 6.04. The van der Waals surface area contributed by atoms with E-state index in [4.69, 9.17) is 5.73 Å². The van der Waals surface area contributed by atoms with Crippen LogP contribution in [0.1, 0.15) is 25.7 Å². The average Bonchev–Trinajstić information content (AvgIpc) is 2.33. The first-order chi connectivity index (χ1) is 8.87. The molecule has 1 saturated carbocycles. The SMILES string of the molecule is Nc1ccc(F)cc1NC(=O)C1CCC(F)(F)CC1. The molecule has 0 radical (unpaired) electrons. The number of nitrogens with one attached hydrogen (secondary N) is 1. The summed E-state index contributed by atoms with van der Waals surface area (Å²) in [6.45, 7) is 0. The van der Waals surface area contributed by atoms with Crippen molar-refractivity contribution in [3.8, 4) is 0 Å². The Hall–Kier alpha value is -1.72. The normalized spacial score (nSPS) is 19.1. The maximum atomic E-state index is 13.0. The molecule has 0 aromatic heterocycles. The molecule has 0 aliphatic heterocycles. The van der Waals surface area contributed by atoms with E-state index < -0.39 is 17.7 Å². The number of anilines is 2. The van der Waals surface area contributed by atoms with E-state index in [1.165, 1.54) is 12.1 Å². The first kappa shape index (κ1) is 13.7. The van der Waals surface area contributed by atoms with Crippen LogP contribution < -0.4 is 11.1 Å². The molecule has 1 aliphatic rings. The number of amides is 1. The van der Waals surface area contributed by atoms with Gasteiger partial charge in [0, 0.05) is 18.8 Å². The Balaban J connectivity index is 2.00. The van der Waals surface area contributed by atoms with E-state index in [0.29, 0.717) is 0 Å². The van der Waals surface area contributed by atoms with Gasteiger partial charge in [0.2, 0.25) is 11.8 Å². The number of rotatable bonds is 2. The quantitative estimate of drug-likeness (QED) is 0.812. The van der Waals surface area contributed by atoms with E-state index in [0.717, 1.165) is 6.07 Å². The zero-order valence-corrected chi connectivity index (χ0v) is 10.3. The molecule has 6 heteroatoms. The third-order valence-corrected chi connectivity index (χ3v) is 3.36. The Kier molecular flexibility index (Phi) is 3.68. The number of carbonyl (C=O) groups is 1. The molecule has 0 unspecified atom stereocenters. The van der Waals surface area contributed by atoms with Crippen molar-refractivity contribution in [2.45, 2.75) is 31.6 Å². The number of hydrogen-bond donors (Lipinski definition) is 2. The standard InChI is InChI=1S/C13H15F3N2O/c14-9-1-2-10(17)11(7-9)18-12(19)8-3-5-13(15,16)6-4-8/h1-2,7-8H,3-6,17H2,(H,18,19). The van der Waals surface area contributed by atoms with E-state index >= 15 is 0 Å². The highest BCUT2D eigenvalue weighted by Gasteiger charge is 2.37. The number of halogens is 3. The van der Waals surface area contributed by atoms with Crippen LogP contribution in [0.25, 0.3) is 0 Å².